The molecule has 7 nitrogen and oxygen atoms in total. The lowest BCUT2D eigenvalue weighted by atomic mass is 10.3. The molecule has 0 spiro atoms. The molecule has 0 radical (unpaired) electrons. The summed E-state index contributed by atoms with van der Waals surface area (Å²) in [5.74, 6) is 0. The zero-order valence-corrected chi connectivity index (χ0v) is 17.1. The topological polar surface area (TPSA) is 79.9 Å². The Balaban J connectivity index is 1.45. The lowest BCUT2D eigenvalue weighted by Gasteiger charge is -2.24. The molecule has 3 aromatic carbocycles. The Morgan fingerprint density at radius 1 is 0.613 bits per heavy atom. The molecule has 0 saturated carbocycles. The fraction of sp³-hybridized carbons (Fsp3) is 0.167. The number of anilines is 3. The summed E-state index contributed by atoms with van der Waals surface area (Å²) in [5, 5.41) is 5.36. The fourth-order valence-electron chi connectivity index (χ4n) is 2.86. The number of rotatable bonds is 9. The van der Waals surface area contributed by atoms with Gasteiger partial charge in [-0.05, 0) is 36.4 Å². The van der Waals surface area contributed by atoms with Crippen LogP contribution >= 0.6 is 0 Å². The first-order valence-corrected chi connectivity index (χ1v) is 9.98. The van der Waals surface area contributed by atoms with Gasteiger partial charge in [0.05, 0.1) is 13.1 Å². The van der Waals surface area contributed by atoms with Crippen LogP contribution in [-0.2, 0) is 9.47 Å². The van der Waals surface area contributed by atoms with Gasteiger partial charge in [0.2, 0.25) is 0 Å². The highest BCUT2D eigenvalue weighted by Gasteiger charge is 2.10. The van der Waals surface area contributed by atoms with Gasteiger partial charge in [0.1, 0.15) is 13.2 Å². The van der Waals surface area contributed by atoms with Crippen molar-refractivity contribution in [1.29, 1.82) is 0 Å². The summed E-state index contributed by atoms with van der Waals surface area (Å²) in [6.07, 6.45) is -1.03. The second-order valence-corrected chi connectivity index (χ2v) is 6.58. The van der Waals surface area contributed by atoms with Crippen LogP contribution in [-0.4, -0.2) is 38.5 Å². The molecule has 0 aromatic heterocycles. The lowest BCUT2D eigenvalue weighted by Crippen LogP contribution is -2.33. The van der Waals surface area contributed by atoms with Gasteiger partial charge in [0.15, 0.2) is 0 Å². The smallest absolute Gasteiger partial charge is 0.411 e. The minimum atomic E-state index is -0.516. The lowest BCUT2D eigenvalue weighted by molar-refractivity contribution is 0.159. The molecule has 0 aliphatic rings. The van der Waals surface area contributed by atoms with Gasteiger partial charge in [0.25, 0.3) is 0 Å². The van der Waals surface area contributed by atoms with Crippen LogP contribution in [0, 0.1) is 0 Å². The Morgan fingerprint density at radius 3 is 1.42 bits per heavy atom. The summed E-state index contributed by atoms with van der Waals surface area (Å²) >= 11 is 0. The molecule has 3 aromatic rings. The normalized spacial score (nSPS) is 10.1. The van der Waals surface area contributed by atoms with Crippen molar-refractivity contribution in [3.63, 3.8) is 0 Å². The number of nitrogens with zero attached hydrogens (tertiary/aromatic N) is 1. The van der Waals surface area contributed by atoms with E-state index in [1.165, 1.54) is 0 Å². The highest BCUT2D eigenvalue weighted by Crippen LogP contribution is 2.13. The molecular formula is C24H25N3O4. The van der Waals surface area contributed by atoms with Gasteiger partial charge in [-0.2, -0.15) is 0 Å². The van der Waals surface area contributed by atoms with Crippen molar-refractivity contribution in [3.05, 3.63) is 91.0 Å². The van der Waals surface area contributed by atoms with Crippen LogP contribution in [0.1, 0.15) is 0 Å². The number of para-hydroxylation sites is 3. The molecule has 0 saturated heterocycles. The van der Waals surface area contributed by atoms with E-state index in [0.717, 1.165) is 5.69 Å². The van der Waals surface area contributed by atoms with Crippen LogP contribution in [0.15, 0.2) is 91.0 Å². The standard InChI is InChI=1S/C24H25N3O4/c28-23(25-20-10-4-1-5-11-20)30-18-16-27(22-14-8-3-9-15-22)17-19-31-24(29)26-21-12-6-2-7-13-21/h1-15H,16-19H2,(H,25,28)(H,26,29). The molecule has 0 unspecified atom stereocenters. The summed E-state index contributed by atoms with van der Waals surface area (Å²) in [4.78, 5) is 25.9. The summed E-state index contributed by atoms with van der Waals surface area (Å²) < 4.78 is 10.6. The van der Waals surface area contributed by atoms with Crippen LogP contribution < -0.4 is 15.5 Å². The van der Waals surface area contributed by atoms with Gasteiger partial charge in [0, 0.05) is 17.1 Å². The van der Waals surface area contributed by atoms with E-state index >= 15 is 0 Å². The van der Waals surface area contributed by atoms with Gasteiger partial charge < -0.3 is 14.4 Å². The van der Waals surface area contributed by atoms with E-state index in [1.54, 1.807) is 24.3 Å². The Morgan fingerprint density at radius 2 is 1.00 bits per heavy atom. The molecule has 0 heterocycles. The molecule has 2 amide bonds. The molecule has 160 valence electrons. The van der Waals surface area contributed by atoms with E-state index in [2.05, 4.69) is 10.6 Å². The molecule has 31 heavy (non-hydrogen) atoms. The summed E-state index contributed by atoms with van der Waals surface area (Å²) in [5.41, 5.74) is 2.29. The predicted molar refractivity (Wildman–Crippen MR) is 121 cm³/mol. The number of ether oxygens (including phenoxy) is 2. The maximum absolute atomic E-state index is 12.0. The number of carbonyl (C=O) groups excluding carboxylic acids is 2. The maximum Gasteiger partial charge on any atom is 0.411 e. The van der Waals surface area contributed by atoms with Gasteiger partial charge in [-0.15, -0.1) is 0 Å². The van der Waals surface area contributed by atoms with Crippen molar-refractivity contribution in [2.45, 2.75) is 0 Å². The monoisotopic (exact) mass is 419 g/mol. The number of nitrogens with one attached hydrogen (secondary N) is 2. The second-order valence-electron chi connectivity index (χ2n) is 6.58. The van der Waals surface area contributed by atoms with E-state index in [4.69, 9.17) is 9.47 Å². The maximum atomic E-state index is 12.0. The van der Waals surface area contributed by atoms with E-state index in [-0.39, 0.29) is 13.2 Å². The predicted octanol–water partition coefficient (Wildman–Crippen LogP) is 4.99. The van der Waals surface area contributed by atoms with Crippen molar-refractivity contribution >= 4 is 29.2 Å². The van der Waals surface area contributed by atoms with E-state index in [0.29, 0.717) is 24.5 Å². The zero-order chi connectivity index (χ0) is 21.7. The van der Waals surface area contributed by atoms with Crippen molar-refractivity contribution in [2.75, 3.05) is 41.8 Å². The van der Waals surface area contributed by atoms with Crippen LogP contribution in [0.4, 0.5) is 26.7 Å². The highest BCUT2D eigenvalue weighted by molar-refractivity contribution is 5.85. The molecule has 0 bridgehead atoms. The fourth-order valence-corrected chi connectivity index (χ4v) is 2.86. The van der Waals surface area contributed by atoms with Gasteiger partial charge >= 0.3 is 12.2 Å². The summed E-state index contributed by atoms with van der Waals surface area (Å²) in [6, 6.07) is 27.9. The molecule has 0 fully saturated rings. The SMILES string of the molecule is O=C(Nc1ccccc1)OCCN(CCOC(=O)Nc1ccccc1)c1ccccc1. The largest absolute Gasteiger partial charge is 0.447 e. The molecule has 3 rings (SSSR count). The first-order valence-electron chi connectivity index (χ1n) is 9.98. The van der Waals surface area contributed by atoms with Crippen molar-refractivity contribution in [2.24, 2.45) is 0 Å². The molecule has 7 heteroatoms. The zero-order valence-electron chi connectivity index (χ0n) is 17.1. The third kappa shape index (κ3) is 7.74. The quantitative estimate of drug-likeness (QED) is 0.511. The molecule has 2 N–H and O–H groups in total. The first-order chi connectivity index (χ1) is 15.2. The third-order valence-electron chi connectivity index (χ3n) is 4.35. The number of amides is 2. The van der Waals surface area contributed by atoms with Crippen molar-refractivity contribution < 1.29 is 19.1 Å². The highest BCUT2D eigenvalue weighted by atomic mass is 16.6. The van der Waals surface area contributed by atoms with Crippen LogP contribution in [0.3, 0.4) is 0 Å². The number of hydrogen-bond acceptors (Lipinski definition) is 5. The van der Waals surface area contributed by atoms with Crippen LogP contribution in [0.25, 0.3) is 0 Å². The number of benzene rings is 3. The van der Waals surface area contributed by atoms with Crippen molar-refractivity contribution in [1.82, 2.24) is 0 Å². The van der Waals surface area contributed by atoms with Gasteiger partial charge in [-0.25, -0.2) is 9.59 Å². The molecule has 0 atom stereocenters. The molecule has 0 aliphatic heterocycles. The molecule has 0 aliphatic carbocycles. The number of hydrogen-bond donors (Lipinski definition) is 2. The first kappa shape index (κ1) is 21.7. The average Bonchev–Trinajstić information content (AvgIpc) is 2.80. The van der Waals surface area contributed by atoms with Crippen LogP contribution in [0.5, 0.6) is 0 Å². The second kappa shape index (κ2) is 11.9. The van der Waals surface area contributed by atoms with E-state index < -0.39 is 12.2 Å². The van der Waals surface area contributed by atoms with E-state index in [9.17, 15) is 9.59 Å². The van der Waals surface area contributed by atoms with Crippen LogP contribution in [0.2, 0.25) is 0 Å². The number of carbonyl (C=O) groups is 2. The van der Waals surface area contributed by atoms with Gasteiger partial charge in [-0.1, -0.05) is 54.6 Å². The average molecular weight is 419 g/mol. The minimum absolute atomic E-state index is 0.184. The Kier molecular flexibility index (Phi) is 8.31. The molecular weight excluding hydrogens is 394 g/mol. The Labute approximate surface area is 181 Å². The summed E-state index contributed by atoms with van der Waals surface area (Å²) in [7, 11) is 0. The third-order valence-corrected chi connectivity index (χ3v) is 4.35. The van der Waals surface area contributed by atoms with Crippen molar-refractivity contribution in [3.8, 4) is 0 Å². The van der Waals surface area contributed by atoms with Gasteiger partial charge in [-0.3, -0.25) is 10.6 Å². The Bertz CT molecular complexity index is 877. The minimum Gasteiger partial charge on any atom is -0.447 e. The van der Waals surface area contributed by atoms with E-state index in [1.807, 2.05) is 71.6 Å². The Hall–Kier alpha value is -4.00. The summed E-state index contributed by atoms with van der Waals surface area (Å²) in [6.45, 7) is 1.28.